The van der Waals surface area contributed by atoms with Crippen molar-refractivity contribution in [1.29, 1.82) is 0 Å². The van der Waals surface area contributed by atoms with Crippen LogP contribution in [-0.4, -0.2) is 60.5 Å². The van der Waals surface area contributed by atoms with Crippen molar-refractivity contribution in [2.75, 3.05) is 6.61 Å². The lowest BCUT2D eigenvalue weighted by atomic mass is 9.85. The first-order valence-electron chi connectivity index (χ1n) is 9.23. The number of fused-ring (bicyclic) bond motifs is 1. The highest BCUT2D eigenvalue weighted by Crippen LogP contribution is 2.37. The Balaban J connectivity index is 1.26. The van der Waals surface area contributed by atoms with E-state index in [0.29, 0.717) is 37.6 Å². The molecule has 9 nitrogen and oxygen atoms in total. The second kappa shape index (κ2) is 6.83. The number of halogens is 2. The van der Waals surface area contributed by atoms with E-state index in [9.17, 15) is 8.78 Å². The van der Waals surface area contributed by atoms with Crippen LogP contribution in [0.25, 0.3) is 11.5 Å². The Morgan fingerprint density at radius 3 is 2.89 bits per heavy atom. The van der Waals surface area contributed by atoms with Crippen molar-refractivity contribution in [3.63, 3.8) is 0 Å². The Hall–Kier alpha value is -2.50. The molecule has 0 spiro atoms. The van der Waals surface area contributed by atoms with Crippen LogP contribution in [0.5, 0.6) is 0 Å². The fourth-order valence-electron chi connectivity index (χ4n) is 4.34. The molecule has 4 N–H and O–H groups in total. The van der Waals surface area contributed by atoms with Crippen molar-refractivity contribution in [3.05, 3.63) is 35.1 Å². The van der Waals surface area contributed by atoms with E-state index in [1.807, 2.05) is 0 Å². The summed E-state index contributed by atoms with van der Waals surface area (Å²) in [6, 6.07) is -0.288. The summed E-state index contributed by atoms with van der Waals surface area (Å²) in [5.74, 6) is -0.914. The Kier molecular flexibility index (Phi) is 4.29. The van der Waals surface area contributed by atoms with Gasteiger partial charge < -0.3 is 10.5 Å². The predicted octanol–water partition coefficient (Wildman–Crippen LogP) is 1.12. The van der Waals surface area contributed by atoms with Crippen molar-refractivity contribution < 1.29 is 13.5 Å². The molecule has 0 radical (unpaired) electrons. The molecule has 2 aliphatic heterocycles. The van der Waals surface area contributed by atoms with Crippen LogP contribution in [0.15, 0.2) is 23.8 Å². The highest BCUT2D eigenvalue weighted by molar-refractivity contribution is 5.56. The summed E-state index contributed by atoms with van der Waals surface area (Å²) >= 11 is 0. The van der Waals surface area contributed by atoms with E-state index in [0.717, 1.165) is 17.3 Å². The van der Waals surface area contributed by atoms with Crippen LogP contribution >= 0.6 is 0 Å². The number of rotatable bonds is 3. The minimum atomic E-state index is -0.652. The molecule has 0 saturated carbocycles. The Labute approximate surface area is 159 Å². The maximum atomic E-state index is 14.2. The van der Waals surface area contributed by atoms with Gasteiger partial charge in [-0.25, -0.2) is 8.78 Å². The first-order chi connectivity index (χ1) is 13.6. The van der Waals surface area contributed by atoms with Gasteiger partial charge in [0.2, 0.25) is 5.82 Å². The molecule has 4 atom stereocenters. The van der Waals surface area contributed by atoms with E-state index in [1.165, 1.54) is 6.08 Å². The van der Waals surface area contributed by atoms with Gasteiger partial charge in [-0.1, -0.05) is 0 Å². The summed E-state index contributed by atoms with van der Waals surface area (Å²) in [6.45, 7) is 1.76. The predicted molar refractivity (Wildman–Crippen MR) is 93.6 cm³/mol. The van der Waals surface area contributed by atoms with Gasteiger partial charge in [0, 0.05) is 43.1 Å². The molecule has 1 unspecified atom stereocenters. The summed E-state index contributed by atoms with van der Waals surface area (Å²) in [4.78, 5) is 2.25. The van der Waals surface area contributed by atoms with Gasteiger partial charge in [-0.3, -0.25) is 10.00 Å². The molecule has 28 heavy (non-hydrogen) atoms. The van der Waals surface area contributed by atoms with Crippen LogP contribution < -0.4 is 5.73 Å². The molecular formula is C17H20F2N8O. The zero-order chi connectivity index (χ0) is 19.3. The Bertz CT molecular complexity index is 924. The first kappa shape index (κ1) is 17.6. The maximum Gasteiger partial charge on any atom is 0.225 e. The number of nitrogens with two attached hydrogens (primary N) is 1. The number of ether oxygens (including phenoxy) is 1. The van der Waals surface area contributed by atoms with E-state index >= 15 is 0 Å². The van der Waals surface area contributed by atoms with Crippen molar-refractivity contribution in [2.45, 2.75) is 44.1 Å². The number of aromatic amines is 2. The molecule has 0 bridgehead atoms. The standard InChI is InChI=1S/C17H20F2N8O/c18-8-1-2-12(19)10(3-8)16-13(20)4-9(7-28-16)27-5-11-14(6-27)21-22-15(11)17-23-25-26-24-17/h1-2,9-10,13,16H,3-7,20H2,(H,21,22)(H,23,24,25,26)/t9-,10?,13+,16-/m1/s1. The lowest BCUT2D eigenvalue weighted by molar-refractivity contribution is -0.0729. The van der Waals surface area contributed by atoms with Gasteiger partial charge in [0.05, 0.1) is 18.4 Å². The molecule has 1 aliphatic carbocycles. The molecule has 1 fully saturated rings. The van der Waals surface area contributed by atoms with Gasteiger partial charge in [0.15, 0.2) is 0 Å². The highest BCUT2D eigenvalue weighted by Gasteiger charge is 2.41. The van der Waals surface area contributed by atoms with Crippen molar-refractivity contribution in [3.8, 4) is 11.5 Å². The molecule has 3 aliphatic rings. The van der Waals surface area contributed by atoms with Crippen LogP contribution in [-0.2, 0) is 17.8 Å². The number of allylic oxidation sites excluding steroid dienone is 3. The van der Waals surface area contributed by atoms with E-state index in [2.05, 4.69) is 35.7 Å². The first-order valence-corrected chi connectivity index (χ1v) is 9.23. The molecule has 1 saturated heterocycles. The molecule has 4 heterocycles. The molecule has 148 valence electrons. The zero-order valence-corrected chi connectivity index (χ0v) is 15.0. The second-order valence-electron chi connectivity index (χ2n) is 7.50. The van der Waals surface area contributed by atoms with Gasteiger partial charge in [0.1, 0.15) is 17.3 Å². The monoisotopic (exact) mass is 390 g/mol. The number of nitrogens with one attached hydrogen (secondary N) is 2. The normalized spacial score (nSPS) is 30.8. The molecule has 0 aromatic carbocycles. The van der Waals surface area contributed by atoms with Crippen molar-refractivity contribution in [1.82, 2.24) is 35.7 Å². The number of hydrogen-bond donors (Lipinski definition) is 3. The smallest absolute Gasteiger partial charge is 0.225 e. The highest BCUT2D eigenvalue weighted by atomic mass is 19.1. The summed E-state index contributed by atoms with van der Waals surface area (Å²) in [5.41, 5.74) is 9.04. The largest absolute Gasteiger partial charge is 0.374 e. The van der Waals surface area contributed by atoms with Gasteiger partial charge in [-0.15, -0.1) is 10.2 Å². The molecule has 2 aromatic heterocycles. The van der Waals surface area contributed by atoms with Crippen LogP contribution in [0.3, 0.4) is 0 Å². The minimum absolute atomic E-state index is 0.000618. The maximum absolute atomic E-state index is 14.2. The minimum Gasteiger partial charge on any atom is -0.374 e. The van der Waals surface area contributed by atoms with Gasteiger partial charge in [-0.05, 0) is 23.8 Å². The molecule has 0 amide bonds. The topological polar surface area (TPSA) is 122 Å². The molecule has 2 aromatic rings. The zero-order valence-electron chi connectivity index (χ0n) is 15.0. The lowest BCUT2D eigenvalue weighted by Gasteiger charge is -2.41. The van der Waals surface area contributed by atoms with Crippen molar-refractivity contribution >= 4 is 0 Å². The molecule has 5 rings (SSSR count). The second-order valence-corrected chi connectivity index (χ2v) is 7.50. The molecular weight excluding hydrogens is 370 g/mol. The summed E-state index contributed by atoms with van der Waals surface area (Å²) in [5, 5.41) is 21.3. The SMILES string of the molecule is N[C@H]1C[C@@H](N2Cc3[nH]nc(-c4nn[nH]n4)c3C2)CO[C@@H]1C1CC(F)=CC=C1F. The third-order valence-corrected chi connectivity index (χ3v) is 5.79. The summed E-state index contributed by atoms with van der Waals surface area (Å²) in [6.07, 6.45) is 2.46. The quantitative estimate of drug-likeness (QED) is 0.718. The lowest BCUT2D eigenvalue weighted by Crippen LogP contribution is -2.53. The Morgan fingerprint density at radius 2 is 2.11 bits per heavy atom. The average molecular weight is 390 g/mol. The van der Waals surface area contributed by atoms with E-state index in [-0.39, 0.29) is 30.2 Å². The van der Waals surface area contributed by atoms with E-state index in [1.54, 1.807) is 0 Å². The van der Waals surface area contributed by atoms with E-state index in [4.69, 9.17) is 10.5 Å². The number of hydrogen-bond acceptors (Lipinski definition) is 7. The van der Waals surface area contributed by atoms with Gasteiger partial charge in [0.25, 0.3) is 0 Å². The number of nitrogens with zero attached hydrogens (tertiary/aromatic N) is 5. The third kappa shape index (κ3) is 2.95. The van der Waals surface area contributed by atoms with Crippen molar-refractivity contribution in [2.24, 2.45) is 11.7 Å². The van der Waals surface area contributed by atoms with Crippen LogP contribution in [0.2, 0.25) is 0 Å². The van der Waals surface area contributed by atoms with Gasteiger partial charge in [-0.2, -0.15) is 10.3 Å². The van der Waals surface area contributed by atoms with Crippen LogP contribution in [0, 0.1) is 5.92 Å². The Morgan fingerprint density at radius 1 is 1.21 bits per heavy atom. The summed E-state index contributed by atoms with van der Waals surface area (Å²) < 4.78 is 33.7. The fourth-order valence-corrected chi connectivity index (χ4v) is 4.34. The summed E-state index contributed by atoms with van der Waals surface area (Å²) in [7, 11) is 0. The average Bonchev–Trinajstić information content (AvgIpc) is 3.40. The van der Waals surface area contributed by atoms with Gasteiger partial charge >= 0.3 is 0 Å². The number of H-pyrrole nitrogens is 2. The fraction of sp³-hybridized carbons (Fsp3) is 0.529. The number of tetrazole rings is 1. The van der Waals surface area contributed by atoms with E-state index < -0.39 is 12.0 Å². The van der Waals surface area contributed by atoms with Crippen LogP contribution in [0.1, 0.15) is 24.1 Å². The molecule has 11 heteroatoms. The van der Waals surface area contributed by atoms with Crippen LogP contribution in [0.4, 0.5) is 8.78 Å². The number of aromatic nitrogens is 6. The third-order valence-electron chi connectivity index (χ3n) is 5.79.